The van der Waals surface area contributed by atoms with E-state index >= 15 is 0 Å². The van der Waals surface area contributed by atoms with Gasteiger partial charge >= 0.3 is 5.97 Å². The van der Waals surface area contributed by atoms with Gasteiger partial charge < -0.3 is 9.30 Å². The number of nitrogens with zero attached hydrogens (tertiary/aromatic N) is 1. The van der Waals surface area contributed by atoms with Gasteiger partial charge in [0, 0.05) is 46.4 Å². The standard InChI is InChI=1S/C21H19NO5/c1-4-22-17-8-6-13(19(24)12(3)23)10-15(17)16-11-14(7-9-18(16)22)20(25)21(26)27-5-2/h6-11H,4-5H2,1-3H3. The summed E-state index contributed by atoms with van der Waals surface area (Å²) in [5.41, 5.74) is 2.28. The summed E-state index contributed by atoms with van der Waals surface area (Å²) in [6.07, 6.45) is 0. The first-order chi connectivity index (χ1) is 12.9. The van der Waals surface area contributed by atoms with Crippen molar-refractivity contribution < 1.29 is 23.9 Å². The topological polar surface area (TPSA) is 82.4 Å². The average molecular weight is 365 g/mol. The number of fused-ring (bicyclic) bond motifs is 3. The van der Waals surface area contributed by atoms with Crippen LogP contribution in [0.5, 0.6) is 0 Å². The fraction of sp³-hybridized carbons (Fsp3) is 0.238. The van der Waals surface area contributed by atoms with Gasteiger partial charge in [0.25, 0.3) is 5.78 Å². The summed E-state index contributed by atoms with van der Waals surface area (Å²) in [6, 6.07) is 10.1. The van der Waals surface area contributed by atoms with Crippen molar-refractivity contribution in [2.75, 3.05) is 6.61 Å². The van der Waals surface area contributed by atoms with E-state index in [4.69, 9.17) is 4.74 Å². The molecule has 3 aromatic rings. The molecule has 6 heteroatoms. The molecule has 0 atom stereocenters. The number of ether oxygens (including phenoxy) is 1. The fourth-order valence-electron chi connectivity index (χ4n) is 3.24. The van der Waals surface area contributed by atoms with Gasteiger partial charge in [-0.25, -0.2) is 4.79 Å². The lowest BCUT2D eigenvalue weighted by molar-refractivity contribution is -0.137. The Hall–Kier alpha value is -3.28. The van der Waals surface area contributed by atoms with Crippen LogP contribution >= 0.6 is 0 Å². The summed E-state index contributed by atoms with van der Waals surface area (Å²) in [6.45, 7) is 5.67. The number of hydrogen-bond donors (Lipinski definition) is 0. The van der Waals surface area contributed by atoms with Crippen molar-refractivity contribution in [3.05, 3.63) is 47.5 Å². The zero-order valence-corrected chi connectivity index (χ0v) is 15.4. The number of esters is 1. The van der Waals surface area contributed by atoms with E-state index in [-0.39, 0.29) is 12.2 Å². The molecule has 1 heterocycles. The van der Waals surface area contributed by atoms with E-state index in [1.807, 2.05) is 11.5 Å². The molecule has 138 valence electrons. The van der Waals surface area contributed by atoms with E-state index < -0.39 is 23.3 Å². The molecule has 0 aliphatic heterocycles. The third-order valence-electron chi connectivity index (χ3n) is 4.49. The lowest BCUT2D eigenvalue weighted by Gasteiger charge is -2.04. The Kier molecular flexibility index (Phi) is 4.90. The zero-order chi connectivity index (χ0) is 19.7. The maximum Gasteiger partial charge on any atom is 0.379 e. The fourth-order valence-corrected chi connectivity index (χ4v) is 3.24. The number of carbonyl (C=O) groups excluding carboxylic acids is 4. The molecule has 0 unspecified atom stereocenters. The van der Waals surface area contributed by atoms with Crippen LogP contribution < -0.4 is 0 Å². The highest BCUT2D eigenvalue weighted by atomic mass is 16.5. The van der Waals surface area contributed by atoms with Gasteiger partial charge in [0.2, 0.25) is 5.78 Å². The normalized spacial score (nSPS) is 10.9. The van der Waals surface area contributed by atoms with Crippen LogP contribution in [0.3, 0.4) is 0 Å². The average Bonchev–Trinajstić information content (AvgIpc) is 2.98. The van der Waals surface area contributed by atoms with Gasteiger partial charge in [-0.05, 0) is 50.2 Å². The summed E-state index contributed by atoms with van der Waals surface area (Å²) in [5.74, 6) is -2.71. The Balaban J connectivity index is 2.24. The highest BCUT2D eigenvalue weighted by Gasteiger charge is 2.20. The molecule has 0 amide bonds. The smallest absolute Gasteiger partial charge is 0.379 e. The first-order valence-corrected chi connectivity index (χ1v) is 8.71. The molecule has 0 bridgehead atoms. The maximum absolute atomic E-state index is 12.3. The molecule has 0 fully saturated rings. The Morgan fingerprint density at radius 1 is 0.852 bits per heavy atom. The van der Waals surface area contributed by atoms with Crippen LogP contribution in [0.2, 0.25) is 0 Å². The van der Waals surface area contributed by atoms with E-state index in [0.717, 1.165) is 21.8 Å². The van der Waals surface area contributed by atoms with Crippen LogP contribution in [0.15, 0.2) is 36.4 Å². The SMILES string of the molecule is CCOC(=O)C(=O)c1ccc2c(c1)c1cc(C(=O)C(C)=O)ccc1n2CC. The third-order valence-corrected chi connectivity index (χ3v) is 4.49. The quantitative estimate of drug-likeness (QED) is 0.380. The molecular weight excluding hydrogens is 346 g/mol. The highest BCUT2D eigenvalue weighted by Crippen LogP contribution is 2.31. The first kappa shape index (κ1) is 18.5. The Labute approximate surface area is 155 Å². The molecule has 0 N–H and O–H groups in total. The molecule has 0 saturated carbocycles. The summed E-state index contributed by atoms with van der Waals surface area (Å²) in [4.78, 5) is 47.5. The van der Waals surface area contributed by atoms with Crippen molar-refractivity contribution in [2.45, 2.75) is 27.3 Å². The Morgan fingerprint density at radius 3 is 1.81 bits per heavy atom. The van der Waals surface area contributed by atoms with Gasteiger partial charge in [0.05, 0.1) is 6.61 Å². The lowest BCUT2D eigenvalue weighted by atomic mass is 10.0. The minimum absolute atomic E-state index is 0.123. The van der Waals surface area contributed by atoms with Crippen molar-refractivity contribution >= 4 is 45.1 Å². The predicted octanol–water partition coefficient (Wildman–Crippen LogP) is 3.33. The molecular formula is C21H19NO5. The molecule has 1 aromatic heterocycles. The van der Waals surface area contributed by atoms with E-state index in [0.29, 0.717) is 12.1 Å². The van der Waals surface area contributed by atoms with Crippen LogP contribution in [-0.4, -0.2) is 34.5 Å². The van der Waals surface area contributed by atoms with E-state index in [1.165, 1.54) is 6.92 Å². The number of rotatable bonds is 6. The summed E-state index contributed by atoms with van der Waals surface area (Å²) in [5, 5.41) is 1.48. The van der Waals surface area contributed by atoms with Crippen molar-refractivity contribution in [3.63, 3.8) is 0 Å². The van der Waals surface area contributed by atoms with Crippen molar-refractivity contribution in [1.29, 1.82) is 0 Å². The second-order valence-electron chi connectivity index (χ2n) is 6.14. The summed E-state index contributed by atoms with van der Waals surface area (Å²) >= 11 is 0. The van der Waals surface area contributed by atoms with Gasteiger partial charge in [-0.1, -0.05) is 0 Å². The van der Waals surface area contributed by atoms with Gasteiger partial charge in [-0.2, -0.15) is 0 Å². The van der Waals surface area contributed by atoms with Crippen LogP contribution in [0, 0.1) is 0 Å². The number of aryl methyl sites for hydroxylation is 1. The molecule has 6 nitrogen and oxygen atoms in total. The predicted molar refractivity (Wildman–Crippen MR) is 101 cm³/mol. The number of ketones is 3. The second-order valence-corrected chi connectivity index (χ2v) is 6.14. The van der Waals surface area contributed by atoms with Gasteiger partial charge in [-0.3, -0.25) is 14.4 Å². The minimum Gasteiger partial charge on any atom is -0.460 e. The number of benzene rings is 2. The minimum atomic E-state index is -0.900. The van der Waals surface area contributed by atoms with Gasteiger partial charge in [0.15, 0.2) is 5.78 Å². The maximum atomic E-state index is 12.3. The Bertz CT molecular complexity index is 1110. The largest absolute Gasteiger partial charge is 0.460 e. The number of hydrogen-bond acceptors (Lipinski definition) is 5. The van der Waals surface area contributed by atoms with Crippen LogP contribution in [0.25, 0.3) is 21.8 Å². The molecule has 3 rings (SSSR count). The number of Topliss-reactive ketones (excluding diaryl/α,β-unsaturated/α-hetero) is 3. The molecule has 2 aromatic carbocycles. The van der Waals surface area contributed by atoms with Gasteiger partial charge in [0.1, 0.15) is 0 Å². The van der Waals surface area contributed by atoms with Crippen LogP contribution in [0.4, 0.5) is 0 Å². The molecule has 0 aliphatic rings. The lowest BCUT2D eigenvalue weighted by Crippen LogP contribution is -2.17. The zero-order valence-electron chi connectivity index (χ0n) is 15.4. The van der Waals surface area contributed by atoms with Crippen LogP contribution in [-0.2, 0) is 20.9 Å². The molecule has 0 saturated heterocycles. The second kappa shape index (κ2) is 7.15. The first-order valence-electron chi connectivity index (χ1n) is 8.71. The summed E-state index contributed by atoms with van der Waals surface area (Å²) < 4.78 is 6.83. The van der Waals surface area contributed by atoms with Crippen molar-refractivity contribution in [2.24, 2.45) is 0 Å². The number of carbonyl (C=O) groups is 4. The van der Waals surface area contributed by atoms with Crippen molar-refractivity contribution in [3.8, 4) is 0 Å². The number of aromatic nitrogens is 1. The van der Waals surface area contributed by atoms with E-state index in [9.17, 15) is 19.2 Å². The molecule has 0 spiro atoms. The van der Waals surface area contributed by atoms with E-state index in [2.05, 4.69) is 0 Å². The molecule has 27 heavy (non-hydrogen) atoms. The molecule has 0 aliphatic carbocycles. The van der Waals surface area contributed by atoms with E-state index in [1.54, 1.807) is 43.3 Å². The Morgan fingerprint density at radius 2 is 1.37 bits per heavy atom. The van der Waals surface area contributed by atoms with Gasteiger partial charge in [-0.15, -0.1) is 0 Å². The third kappa shape index (κ3) is 3.14. The highest BCUT2D eigenvalue weighted by molar-refractivity contribution is 6.43. The van der Waals surface area contributed by atoms with Crippen molar-refractivity contribution in [1.82, 2.24) is 4.57 Å². The molecule has 0 radical (unpaired) electrons. The monoisotopic (exact) mass is 365 g/mol. The van der Waals surface area contributed by atoms with Crippen LogP contribution in [0.1, 0.15) is 41.5 Å². The summed E-state index contributed by atoms with van der Waals surface area (Å²) in [7, 11) is 0.